The number of aromatic nitrogens is 1. The van der Waals surface area contributed by atoms with E-state index in [-0.39, 0.29) is 10.8 Å². The molecule has 126 valence electrons. The number of hydrogen-bond donors (Lipinski definition) is 1. The third-order valence-corrected chi connectivity index (χ3v) is 4.39. The molecule has 8 heteroatoms. The van der Waals surface area contributed by atoms with Gasteiger partial charge in [0.15, 0.2) is 0 Å². The van der Waals surface area contributed by atoms with Gasteiger partial charge < -0.3 is 10.1 Å². The molecule has 0 bridgehead atoms. The Morgan fingerprint density at radius 2 is 1.96 bits per heavy atom. The number of pyridine rings is 1. The summed E-state index contributed by atoms with van der Waals surface area (Å²) in [6.07, 6.45) is -3.12. The molecule has 2 heterocycles. The Bertz CT molecular complexity index is 839. The number of benzene rings is 1. The van der Waals surface area contributed by atoms with E-state index in [0.717, 1.165) is 12.1 Å². The summed E-state index contributed by atoms with van der Waals surface area (Å²) in [5, 5.41) is 2.66. The molecule has 0 radical (unpaired) electrons. The molecule has 3 rings (SSSR count). The number of carbonyl (C=O) groups is 1. The zero-order valence-electron chi connectivity index (χ0n) is 12.7. The van der Waals surface area contributed by atoms with E-state index in [1.54, 1.807) is 6.92 Å². The summed E-state index contributed by atoms with van der Waals surface area (Å²) in [7, 11) is 1.41. The fourth-order valence-electron chi connectivity index (χ4n) is 2.87. The van der Waals surface area contributed by atoms with E-state index >= 15 is 0 Å². The van der Waals surface area contributed by atoms with Crippen LogP contribution in [0.15, 0.2) is 30.5 Å². The number of alkyl halides is 3. The fraction of sp³-hybridized carbons (Fsp3) is 0.250. The standard InChI is InChI=1S/C16H12ClF3N2O2/c1-15(10-6-13(17)21-7-12(10)24-2)9-4-3-8(16(18,19)20)5-11(9)22-14(15)23/h3-7H,1-2H3,(H,22,23). The molecule has 0 spiro atoms. The van der Waals surface area contributed by atoms with Gasteiger partial charge in [-0.05, 0) is 30.7 Å². The van der Waals surface area contributed by atoms with Gasteiger partial charge in [0.2, 0.25) is 5.91 Å². The van der Waals surface area contributed by atoms with E-state index in [0.29, 0.717) is 16.9 Å². The number of ether oxygens (including phenoxy) is 1. The van der Waals surface area contributed by atoms with Crippen LogP contribution in [0.25, 0.3) is 0 Å². The summed E-state index contributed by atoms with van der Waals surface area (Å²) in [5.74, 6) is -0.137. The van der Waals surface area contributed by atoms with Crippen molar-refractivity contribution in [2.24, 2.45) is 0 Å². The van der Waals surface area contributed by atoms with Gasteiger partial charge >= 0.3 is 6.18 Å². The predicted octanol–water partition coefficient (Wildman–Crippen LogP) is 4.02. The van der Waals surface area contributed by atoms with Crippen molar-refractivity contribution in [3.05, 3.63) is 52.3 Å². The lowest BCUT2D eigenvalue weighted by Crippen LogP contribution is -2.32. The number of hydrogen-bond acceptors (Lipinski definition) is 3. The molecule has 24 heavy (non-hydrogen) atoms. The number of rotatable bonds is 2. The number of fused-ring (bicyclic) bond motifs is 1. The first-order chi connectivity index (χ1) is 11.2. The molecule has 4 nitrogen and oxygen atoms in total. The number of amides is 1. The van der Waals surface area contributed by atoms with E-state index < -0.39 is 23.1 Å². The van der Waals surface area contributed by atoms with Gasteiger partial charge in [0.05, 0.1) is 18.9 Å². The first kappa shape index (κ1) is 16.6. The number of methoxy groups -OCH3 is 1. The van der Waals surface area contributed by atoms with E-state index in [1.165, 1.54) is 25.4 Å². The minimum absolute atomic E-state index is 0.118. The van der Waals surface area contributed by atoms with Crippen LogP contribution in [0.4, 0.5) is 18.9 Å². The van der Waals surface area contributed by atoms with Crippen molar-refractivity contribution in [2.45, 2.75) is 18.5 Å². The van der Waals surface area contributed by atoms with Gasteiger partial charge in [0.25, 0.3) is 0 Å². The lowest BCUT2D eigenvalue weighted by molar-refractivity contribution is -0.137. The van der Waals surface area contributed by atoms with Gasteiger partial charge in [-0.1, -0.05) is 17.7 Å². The average molecular weight is 357 g/mol. The molecule has 2 aromatic rings. The van der Waals surface area contributed by atoms with Crippen LogP contribution in [0.3, 0.4) is 0 Å². The molecule has 0 fully saturated rings. The van der Waals surface area contributed by atoms with Crippen LogP contribution in [-0.2, 0) is 16.4 Å². The van der Waals surface area contributed by atoms with E-state index in [9.17, 15) is 18.0 Å². The normalized spacial score (nSPS) is 19.8. The minimum atomic E-state index is -4.49. The second-order valence-corrected chi connectivity index (χ2v) is 5.93. The Hall–Kier alpha value is -2.28. The topological polar surface area (TPSA) is 51.2 Å². The summed E-state index contributed by atoms with van der Waals surface area (Å²) >= 11 is 5.93. The summed E-state index contributed by atoms with van der Waals surface area (Å²) < 4.78 is 43.9. The lowest BCUT2D eigenvalue weighted by atomic mass is 9.77. The summed E-state index contributed by atoms with van der Waals surface area (Å²) in [5.41, 5.74) is -1.10. The van der Waals surface area contributed by atoms with Gasteiger partial charge in [-0.3, -0.25) is 4.79 Å². The van der Waals surface area contributed by atoms with Crippen LogP contribution in [0, 0.1) is 0 Å². The second-order valence-electron chi connectivity index (χ2n) is 5.54. The first-order valence-corrected chi connectivity index (χ1v) is 7.29. The fourth-order valence-corrected chi connectivity index (χ4v) is 3.03. The van der Waals surface area contributed by atoms with Crippen LogP contribution in [-0.4, -0.2) is 18.0 Å². The maximum absolute atomic E-state index is 12.9. The summed E-state index contributed by atoms with van der Waals surface area (Å²) in [6, 6.07) is 4.65. The van der Waals surface area contributed by atoms with E-state index in [1.807, 2.05) is 0 Å². The highest BCUT2D eigenvalue weighted by atomic mass is 35.5. The first-order valence-electron chi connectivity index (χ1n) is 6.91. The zero-order valence-corrected chi connectivity index (χ0v) is 13.4. The van der Waals surface area contributed by atoms with Crippen molar-refractivity contribution in [1.29, 1.82) is 0 Å². The van der Waals surface area contributed by atoms with Crippen LogP contribution < -0.4 is 10.1 Å². The van der Waals surface area contributed by atoms with Crippen LogP contribution in [0.2, 0.25) is 5.15 Å². The Labute approximate surface area is 140 Å². The molecule has 1 amide bonds. The zero-order chi connectivity index (χ0) is 17.7. The molecule has 0 saturated carbocycles. The van der Waals surface area contributed by atoms with Gasteiger partial charge in [-0.15, -0.1) is 0 Å². The lowest BCUT2D eigenvalue weighted by Gasteiger charge is -2.25. The van der Waals surface area contributed by atoms with Crippen LogP contribution >= 0.6 is 11.6 Å². The van der Waals surface area contributed by atoms with Crippen LogP contribution in [0.1, 0.15) is 23.6 Å². The number of halogens is 4. The molecular weight excluding hydrogens is 345 g/mol. The Morgan fingerprint density at radius 1 is 1.25 bits per heavy atom. The van der Waals surface area contributed by atoms with Crippen molar-refractivity contribution in [3.8, 4) is 5.75 Å². The molecule has 1 atom stereocenters. The van der Waals surface area contributed by atoms with Gasteiger partial charge in [-0.2, -0.15) is 13.2 Å². The molecule has 1 aliphatic heterocycles. The van der Waals surface area contributed by atoms with Gasteiger partial charge in [0, 0.05) is 11.3 Å². The number of carbonyl (C=O) groups excluding carboxylic acids is 1. The van der Waals surface area contributed by atoms with Crippen molar-refractivity contribution in [1.82, 2.24) is 4.98 Å². The maximum atomic E-state index is 12.9. The van der Waals surface area contributed by atoms with E-state index in [2.05, 4.69) is 10.3 Å². The quantitative estimate of drug-likeness (QED) is 0.827. The summed E-state index contributed by atoms with van der Waals surface area (Å²) in [4.78, 5) is 16.5. The molecule has 1 aromatic heterocycles. The van der Waals surface area contributed by atoms with E-state index in [4.69, 9.17) is 16.3 Å². The molecule has 1 aliphatic rings. The smallest absolute Gasteiger partial charge is 0.416 e. The van der Waals surface area contributed by atoms with Crippen molar-refractivity contribution >= 4 is 23.2 Å². The SMILES string of the molecule is COc1cnc(Cl)cc1C1(C)C(=O)Nc2cc(C(F)(F)F)ccc21. The monoisotopic (exact) mass is 356 g/mol. The number of nitrogens with zero attached hydrogens (tertiary/aromatic N) is 1. The average Bonchev–Trinajstić information content (AvgIpc) is 2.78. The number of nitrogens with one attached hydrogen (secondary N) is 1. The van der Waals surface area contributed by atoms with Gasteiger partial charge in [0.1, 0.15) is 16.3 Å². The highest BCUT2D eigenvalue weighted by molar-refractivity contribution is 6.29. The highest BCUT2D eigenvalue weighted by Crippen LogP contribution is 2.47. The minimum Gasteiger partial charge on any atom is -0.495 e. The van der Waals surface area contributed by atoms with Gasteiger partial charge in [-0.25, -0.2) is 4.98 Å². The molecule has 0 saturated heterocycles. The molecule has 1 unspecified atom stereocenters. The predicted molar refractivity (Wildman–Crippen MR) is 82.3 cm³/mol. The van der Waals surface area contributed by atoms with Crippen molar-refractivity contribution < 1.29 is 22.7 Å². The maximum Gasteiger partial charge on any atom is 0.416 e. The Morgan fingerprint density at radius 3 is 2.58 bits per heavy atom. The van der Waals surface area contributed by atoms with Crippen LogP contribution in [0.5, 0.6) is 5.75 Å². The molecule has 1 aromatic carbocycles. The Balaban J connectivity index is 2.21. The highest BCUT2D eigenvalue weighted by Gasteiger charge is 2.47. The molecular formula is C16H12ClF3N2O2. The van der Waals surface area contributed by atoms with Crippen molar-refractivity contribution in [2.75, 3.05) is 12.4 Å². The third-order valence-electron chi connectivity index (χ3n) is 4.18. The van der Waals surface area contributed by atoms with Crippen molar-refractivity contribution in [3.63, 3.8) is 0 Å². The molecule has 0 aliphatic carbocycles. The third kappa shape index (κ3) is 2.39. The number of anilines is 1. The Kier molecular flexibility index (Phi) is 3.71. The molecule has 1 N–H and O–H groups in total. The largest absolute Gasteiger partial charge is 0.495 e. The second kappa shape index (κ2) is 5.37. The summed E-state index contributed by atoms with van der Waals surface area (Å²) in [6.45, 7) is 1.61.